The zero-order valence-corrected chi connectivity index (χ0v) is 15.6. The summed E-state index contributed by atoms with van der Waals surface area (Å²) in [5.74, 6) is -0.213. The molecular weight excluding hydrogens is 354 g/mol. The van der Waals surface area contributed by atoms with Crippen LogP contribution in [0.4, 0.5) is 10.5 Å². The van der Waals surface area contributed by atoms with Gasteiger partial charge in [0.25, 0.3) is 0 Å². The molecule has 27 heavy (non-hydrogen) atoms. The standard InChI is InChI=1S/C23H18NO2S/c1-17(25)24(21-10-6-3-7-11-21)22(16-27-23(24)26)20-14-12-19(13-15-20)18-8-4-2-5-9-18/h2-16H,1H3/q+1. The minimum atomic E-state index is -0.393. The molecule has 0 spiro atoms. The van der Waals surface area contributed by atoms with E-state index in [4.69, 9.17) is 0 Å². The van der Waals surface area contributed by atoms with Crippen molar-refractivity contribution in [2.75, 3.05) is 0 Å². The zero-order valence-electron chi connectivity index (χ0n) is 14.8. The molecule has 0 aliphatic carbocycles. The molecule has 3 nitrogen and oxygen atoms in total. The third-order valence-electron chi connectivity index (χ3n) is 4.81. The van der Waals surface area contributed by atoms with Crippen LogP contribution >= 0.6 is 11.8 Å². The molecule has 0 saturated heterocycles. The van der Waals surface area contributed by atoms with Crippen molar-refractivity contribution in [3.05, 3.63) is 95.9 Å². The predicted molar refractivity (Wildman–Crippen MR) is 112 cm³/mol. The molecule has 0 fully saturated rings. The minimum absolute atomic E-state index is 0.198. The van der Waals surface area contributed by atoms with Crippen molar-refractivity contribution >= 4 is 34.3 Å². The summed E-state index contributed by atoms with van der Waals surface area (Å²) >= 11 is 1.08. The highest BCUT2D eigenvalue weighted by Crippen LogP contribution is 2.45. The van der Waals surface area contributed by atoms with Gasteiger partial charge in [0.1, 0.15) is 0 Å². The van der Waals surface area contributed by atoms with Crippen molar-refractivity contribution in [3.8, 4) is 11.1 Å². The first kappa shape index (κ1) is 17.5. The Labute approximate surface area is 162 Å². The van der Waals surface area contributed by atoms with Crippen LogP contribution in [-0.2, 0) is 4.79 Å². The summed E-state index contributed by atoms with van der Waals surface area (Å²) in [6, 6.07) is 27.4. The fourth-order valence-corrected chi connectivity index (χ4v) is 4.46. The third kappa shape index (κ3) is 2.83. The van der Waals surface area contributed by atoms with Crippen LogP contribution in [0.25, 0.3) is 16.8 Å². The van der Waals surface area contributed by atoms with Crippen LogP contribution in [0, 0.1) is 0 Å². The average Bonchev–Trinajstić information content (AvgIpc) is 3.07. The number of rotatable bonds is 3. The molecule has 1 aliphatic heterocycles. The largest absolute Gasteiger partial charge is 0.397 e. The van der Waals surface area contributed by atoms with E-state index in [1.165, 1.54) is 6.92 Å². The average molecular weight is 372 g/mol. The summed E-state index contributed by atoms with van der Waals surface area (Å²) < 4.78 is -0.393. The van der Waals surface area contributed by atoms with E-state index in [0.717, 1.165) is 28.5 Å². The highest BCUT2D eigenvalue weighted by Gasteiger charge is 2.53. The number of benzene rings is 3. The van der Waals surface area contributed by atoms with Gasteiger partial charge in [-0.15, -0.1) is 4.48 Å². The molecule has 0 radical (unpaired) electrons. The minimum Gasteiger partial charge on any atom is -0.230 e. The quantitative estimate of drug-likeness (QED) is 0.523. The maximum absolute atomic E-state index is 12.9. The smallest absolute Gasteiger partial charge is 0.230 e. The molecular formula is C23H18NO2S+. The number of para-hydroxylation sites is 1. The van der Waals surface area contributed by atoms with E-state index in [1.54, 1.807) is 5.41 Å². The Bertz CT molecular complexity index is 1030. The molecule has 1 aliphatic rings. The SMILES string of the molecule is CC(=O)[N+]1(c2ccccc2)C(=O)SC=C1c1ccc(-c2ccccc2)cc1. The van der Waals surface area contributed by atoms with E-state index >= 15 is 0 Å². The number of quaternary nitrogens is 1. The van der Waals surface area contributed by atoms with E-state index < -0.39 is 4.48 Å². The third-order valence-corrected chi connectivity index (χ3v) is 5.63. The highest BCUT2D eigenvalue weighted by molar-refractivity contribution is 8.16. The van der Waals surface area contributed by atoms with E-state index in [0.29, 0.717) is 11.4 Å². The second-order valence-electron chi connectivity index (χ2n) is 6.36. The van der Waals surface area contributed by atoms with Gasteiger partial charge >= 0.3 is 11.1 Å². The normalized spacial score (nSPS) is 19.0. The monoisotopic (exact) mass is 372 g/mol. The van der Waals surface area contributed by atoms with Crippen LogP contribution in [0.5, 0.6) is 0 Å². The van der Waals surface area contributed by atoms with Crippen LogP contribution in [0.2, 0.25) is 0 Å². The van der Waals surface area contributed by atoms with Gasteiger partial charge in [-0.2, -0.15) is 0 Å². The molecule has 1 unspecified atom stereocenters. The number of amides is 2. The van der Waals surface area contributed by atoms with E-state index in [2.05, 4.69) is 12.1 Å². The Balaban J connectivity index is 1.80. The van der Waals surface area contributed by atoms with Crippen LogP contribution in [0.15, 0.2) is 90.3 Å². The van der Waals surface area contributed by atoms with Gasteiger partial charge in [0.05, 0.1) is 6.92 Å². The second kappa shape index (κ2) is 6.99. The summed E-state index contributed by atoms with van der Waals surface area (Å²) in [6.07, 6.45) is 0. The van der Waals surface area contributed by atoms with Crippen LogP contribution in [0.3, 0.4) is 0 Å². The lowest BCUT2D eigenvalue weighted by molar-refractivity contribution is -0.122. The van der Waals surface area contributed by atoms with Crippen molar-refractivity contribution < 1.29 is 9.59 Å². The van der Waals surface area contributed by atoms with Gasteiger partial charge in [0, 0.05) is 34.9 Å². The number of nitrogens with zero attached hydrogens (tertiary/aromatic N) is 1. The van der Waals surface area contributed by atoms with Gasteiger partial charge in [-0.3, -0.25) is 0 Å². The Hall–Kier alpha value is -2.95. The molecule has 132 valence electrons. The topological polar surface area (TPSA) is 34.1 Å². The van der Waals surface area contributed by atoms with Crippen LogP contribution in [0.1, 0.15) is 12.5 Å². The predicted octanol–water partition coefficient (Wildman–Crippen LogP) is 6.07. The number of carbonyl (C=O) groups is 2. The number of hydrogen-bond donors (Lipinski definition) is 0. The first-order chi connectivity index (χ1) is 13.1. The lowest BCUT2D eigenvalue weighted by atomic mass is 10.0. The molecule has 0 bridgehead atoms. The van der Waals surface area contributed by atoms with E-state index in [9.17, 15) is 9.59 Å². The van der Waals surface area contributed by atoms with Crippen LogP contribution < -0.4 is 4.48 Å². The zero-order chi connectivity index (χ0) is 18.9. The maximum Gasteiger partial charge on any atom is 0.397 e. The van der Waals surface area contributed by atoms with Gasteiger partial charge in [-0.25, -0.2) is 9.59 Å². The van der Waals surface area contributed by atoms with Gasteiger partial charge in [-0.1, -0.05) is 60.7 Å². The van der Waals surface area contributed by atoms with Gasteiger partial charge in [-0.05, 0) is 23.3 Å². The Morgan fingerprint density at radius 2 is 1.26 bits per heavy atom. The summed E-state index contributed by atoms with van der Waals surface area (Å²) in [5.41, 5.74) is 4.46. The molecule has 0 saturated carbocycles. The van der Waals surface area contributed by atoms with Crippen molar-refractivity contribution in [2.24, 2.45) is 0 Å². The fraction of sp³-hybridized carbons (Fsp3) is 0.0435. The molecule has 0 N–H and O–H groups in total. The van der Waals surface area contributed by atoms with E-state index in [1.807, 2.05) is 72.8 Å². The van der Waals surface area contributed by atoms with Crippen LogP contribution in [-0.4, -0.2) is 11.1 Å². The van der Waals surface area contributed by atoms with Gasteiger partial charge in [0.2, 0.25) is 0 Å². The highest BCUT2D eigenvalue weighted by atomic mass is 32.2. The number of carbonyl (C=O) groups excluding carboxylic acids is 2. The lowest BCUT2D eigenvalue weighted by Crippen LogP contribution is -2.51. The first-order valence-corrected chi connectivity index (χ1v) is 9.55. The first-order valence-electron chi connectivity index (χ1n) is 8.67. The Kier molecular flexibility index (Phi) is 4.52. The number of thioether (sulfide) groups is 1. The summed E-state index contributed by atoms with van der Waals surface area (Å²) in [7, 11) is 0. The van der Waals surface area contributed by atoms with Crippen molar-refractivity contribution in [1.29, 1.82) is 0 Å². The molecule has 3 aromatic carbocycles. The van der Waals surface area contributed by atoms with Gasteiger partial charge in [0.15, 0.2) is 11.4 Å². The fourth-order valence-electron chi connectivity index (χ4n) is 3.46. The van der Waals surface area contributed by atoms with Crippen molar-refractivity contribution in [1.82, 2.24) is 4.48 Å². The summed E-state index contributed by atoms with van der Waals surface area (Å²) in [6.45, 7) is 1.48. The molecule has 1 heterocycles. The molecule has 2 amide bonds. The molecule has 4 rings (SSSR count). The Morgan fingerprint density at radius 3 is 1.85 bits per heavy atom. The second-order valence-corrected chi connectivity index (χ2v) is 7.18. The molecule has 0 aromatic heterocycles. The Morgan fingerprint density at radius 1 is 0.741 bits per heavy atom. The molecule has 4 heteroatoms. The number of imide groups is 1. The molecule has 1 atom stereocenters. The van der Waals surface area contributed by atoms with Crippen molar-refractivity contribution in [2.45, 2.75) is 6.92 Å². The summed E-state index contributed by atoms with van der Waals surface area (Å²) in [5, 5.41) is 1.60. The van der Waals surface area contributed by atoms with Gasteiger partial charge < -0.3 is 0 Å². The van der Waals surface area contributed by atoms with E-state index in [-0.39, 0.29) is 11.1 Å². The maximum atomic E-state index is 12.9. The molecule has 3 aromatic rings. The van der Waals surface area contributed by atoms with Crippen molar-refractivity contribution in [3.63, 3.8) is 0 Å². The number of hydrogen-bond acceptors (Lipinski definition) is 3. The lowest BCUT2D eigenvalue weighted by Gasteiger charge is -2.28. The summed E-state index contributed by atoms with van der Waals surface area (Å²) in [4.78, 5) is 25.6.